The van der Waals surface area contributed by atoms with Gasteiger partial charge >= 0.3 is 5.97 Å². The standard InChI is InChI=1S/C9H10N2O4/c1-4-5-2-7(10)6(9(12,13)14)3-8(5)15-11-4/h2-3,12-14H,10H2,1H3. The highest BCUT2D eigenvalue weighted by Crippen LogP contribution is 2.29. The van der Waals surface area contributed by atoms with E-state index >= 15 is 0 Å². The molecule has 80 valence electrons. The van der Waals surface area contributed by atoms with E-state index in [9.17, 15) is 0 Å². The molecular formula is C9H10N2O4. The van der Waals surface area contributed by atoms with Crippen LogP contribution in [0.25, 0.3) is 11.0 Å². The minimum Gasteiger partial charge on any atom is -0.398 e. The molecule has 6 nitrogen and oxygen atoms in total. The second-order valence-corrected chi connectivity index (χ2v) is 3.34. The third-order valence-corrected chi connectivity index (χ3v) is 2.18. The lowest BCUT2D eigenvalue weighted by atomic mass is 10.1. The summed E-state index contributed by atoms with van der Waals surface area (Å²) in [5.41, 5.74) is 6.35. The minimum absolute atomic E-state index is 0.0568. The van der Waals surface area contributed by atoms with Crippen molar-refractivity contribution in [3.8, 4) is 0 Å². The number of nitrogens with zero attached hydrogens (tertiary/aromatic N) is 1. The highest BCUT2D eigenvalue weighted by molar-refractivity contribution is 5.84. The van der Waals surface area contributed by atoms with Gasteiger partial charge in [0.25, 0.3) is 0 Å². The number of anilines is 1. The summed E-state index contributed by atoms with van der Waals surface area (Å²) in [6, 6.07) is 2.71. The number of aromatic nitrogens is 1. The molecule has 0 saturated heterocycles. The van der Waals surface area contributed by atoms with E-state index in [4.69, 9.17) is 25.6 Å². The predicted octanol–water partition coefficient (Wildman–Crippen LogP) is -0.194. The monoisotopic (exact) mass is 210 g/mol. The Labute approximate surface area is 84.5 Å². The summed E-state index contributed by atoms with van der Waals surface area (Å²) in [5, 5.41) is 31.4. The number of nitrogens with two attached hydrogens (primary N) is 1. The van der Waals surface area contributed by atoms with E-state index in [0.29, 0.717) is 16.7 Å². The first-order valence-electron chi connectivity index (χ1n) is 4.22. The van der Waals surface area contributed by atoms with Gasteiger partial charge in [0.1, 0.15) is 0 Å². The summed E-state index contributed by atoms with van der Waals surface area (Å²) in [6.45, 7) is 1.73. The van der Waals surface area contributed by atoms with Gasteiger partial charge in [0.05, 0.1) is 11.3 Å². The van der Waals surface area contributed by atoms with Crippen LogP contribution in [0.15, 0.2) is 16.7 Å². The molecule has 0 aliphatic carbocycles. The smallest absolute Gasteiger partial charge is 0.306 e. The summed E-state index contributed by atoms with van der Waals surface area (Å²) in [4.78, 5) is 0. The van der Waals surface area contributed by atoms with Crippen LogP contribution in [0.2, 0.25) is 0 Å². The van der Waals surface area contributed by atoms with Crippen LogP contribution in [0.3, 0.4) is 0 Å². The van der Waals surface area contributed by atoms with Crippen LogP contribution < -0.4 is 5.73 Å². The zero-order chi connectivity index (χ0) is 11.2. The number of fused-ring (bicyclic) bond motifs is 1. The molecule has 0 radical (unpaired) electrons. The molecule has 0 aliphatic rings. The number of hydrogen-bond donors (Lipinski definition) is 4. The Hall–Kier alpha value is -1.63. The minimum atomic E-state index is -2.97. The molecule has 2 aromatic rings. The van der Waals surface area contributed by atoms with E-state index in [-0.39, 0.29) is 11.3 Å². The number of benzene rings is 1. The zero-order valence-electron chi connectivity index (χ0n) is 7.93. The third kappa shape index (κ3) is 1.54. The van der Waals surface area contributed by atoms with E-state index in [1.807, 2.05) is 0 Å². The summed E-state index contributed by atoms with van der Waals surface area (Å²) in [5.74, 6) is -2.97. The molecule has 15 heavy (non-hydrogen) atoms. The Kier molecular flexibility index (Phi) is 1.93. The van der Waals surface area contributed by atoms with Crippen molar-refractivity contribution in [2.75, 3.05) is 5.73 Å². The molecule has 1 heterocycles. The van der Waals surface area contributed by atoms with Crippen molar-refractivity contribution in [1.82, 2.24) is 5.16 Å². The number of aryl methyl sites for hydroxylation is 1. The average Bonchev–Trinajstić information content (AvgIpc) is 2.45. The van der Waals surface area contributed by atoms with Gasteiger partial charge in [0.2, 0.25) is 0 Å². The van der Waals surface area contributed by atoms with Crippen LogP contribution in [0.5, 0.6) is 0 Å². The molecule has 0 fully saturated rings. The normalized spacial score (nSPS) is 12.3. The van der Waals surface area contributed by atoms with E-state index in [2.05, 4.69) is 5.16 Å². The molecule has 1 aromatic heterocycles. The van der Waals surface area contributed by atoms with Crippen LogP contribution in [0, 0.1) is 6.92 Å². The molecule has 0 bridgehead atoms. The fraction of sp³-hybridized carbons (Fsp3) is 0.222. The first kappa shape index (κ1) is 9.91. The van der Waals surface area contributed by atoms with Gasteiger partial charge in [-0.15, -0.1) is 0 Å². The van der Waals surface area contributed by atoms with E-state index in [1.165, 1.54) is 12.1 Å². The third-order valence-electron chi connectivity index (χ3n) is 2.18. The van der Waals surface area contributed by atoms with Crippen LogP contribution in [-0.2, 0) is 5.97 Å². The number of hydrogen-bond acceptors (Lipinski definition) is 6. The van der Waals surface area contributed by atoms with Gasteiger partial charge in [0.15, 0.2) is 5.58 Å². The van der Waals surface area contributed by atoms with Crippen molar-refractivity contribution in [3.05, 3.63) is 23.4 Å². The molecule has 0 saturated carbocycles. The molecule has 0 atom stereocenters. The SMILES string of the molecule is Cc1noc2cc(C(O)(O)O)c(N)cc12. The van der Waals surface area contributed by atoms with Crippen molar-refractivity contribution < 1.29 is 19.8 Å². The number of aliphatic hydroxyl groups is 3. The second-order valence-electron chi connectivity index (χ2n) is 3.34. The van der Waals surface area contributed by atoms with Gasteiger partial charge in [-0.2, -0.15) is 0 Å². The first-order valence-corrected chi connectivity index (χ1v) is 4.22. The molecule has 0 aliphatic heterocycles. The number of rotatable bonds is 1. The molecule has 0 amide bonds. The van der Waals surface area contributed by atoms with Gasteiger partial charge < -0.3 is 25.6 Å². The van der Waals surface area contributed by atoms with Gasteiger partial charge in [-0.25, -0.2) is 0 Å². The quantitative estimate of drug-likeness (QED) is 0.383. The summed E-state index contributed by atoms with van der Waals surface area (Å²) in [6.07, 6.45) is 0. The maximum absolute atomic E-state index is 9.01. The van der Waals surface area contributed by atoms with Gasteiger partial charge in [-0.05, 0) is 19.1 Å². The van der Waals surface area contributed by atoms with Crippen molar-refractivity contribution in [1.29, 1.82) is 0 Å². The van der Waals surface area contributed by atoms with Crippen LogP contribution in [0.4, 0.5) is 5.69 Å². The summed E-state index contributed by atoms with van der Waals surface area (Å²) in [7, 11) is 0. The van der Waals surface area contributed by atoms with Gasteiger partial charge in [0, 0.05) is 11.1 Å². The maximum atomic E-state index is 9.01. The second kappa shape index (κ2) is 2.93. The first-order chi connectivity index (χ1) is 6.89. The lowest BCUT2D eigenvalue weighted by Crippen LogP contribution is -2.25. The predicted molar refractivity (Wildman–Crippen MR) is 51.5 cm³/mol. The Bertz CT molecular complexity index is 513. The van der Waals surface area contributed by atoms with Crippen LogP contribution >= 0.6 is 0 Å². The number of nitrogen functional groups attached to an aromatic ring is 1. The summed E-state index contributed by atoms with van der Waals surface area (Å²) < 4.78 is 4.90. The average molecular weight is 210 g/mol. The lowest BCUT2D eigenvalue weighted by molar-refractivity contribution is -0.323. The highest BCUT2D eigenvalue weighted by Gasteiger charge is 2.26. The van der Waals surface area contributed by atoms with E-state index in [0.717, 1.165) is 0 Å². The zero-order valence-corrected chi connectivity index (χ0v) is 7.93. The molecule has 6 heteroatoms. The van der Waals surface area contributed by atoms with E-state index < -0.39 is 5.97 Å². The van der Waals surface area contributed by atoms with Crippen molar-refractivity contribution in [3.63, 3.8) is 0 Å². The molecule has 0 spiro atoms. The molecule has 1 aromatic carbocycles. The molecule has 5 N–H and O–H groups in total. The van der Waals surface area contributed by atoms with Crippen molar-refractivity contribution in [2.45, 2.75) is 12.9 Å². The van der Waals surface area contributed by atoms with Crippen LogP contribution in [-0.4, -0.2) is 20.5 Å². The van der Waals surface area contributed by atoms with Gasteiger partial charge in [-0.3, -0.25) is 0 Å². The topological polar surface area (TPSA) is 113 Å². The van der Waals surface area contributed by atoms with Crippen molar-refractivity contribution in [2.24, 2.45) is 0 Å². The Morgan fingerprint density at radius 2 is 2.00 bits per heavy atom. The highest BCUT2D eigenvalue weighted by atomic mass is 16.7. The molecule has 2 rings (SSSR count). The van der Waals surface area contributed by atoms with Crippen molar-refractivity contribution >= 4 is 16.7 Å². The Morgan fingerprint density at radius 3 is 2.60 bits per heavy atom. The summed E-state index contributed by atoms with van der Waals surface area (Å²) >= 11 is 0. The fourth-order valence-electron chi connectivity index (χ4n) is 1.41. The molecule has 0 unspecified atom stereocenters. The van der Waals surface area contributed by atoms with Gasteiger partial charge in [-0.1, -0.05) is 5.16 Å². The Balaban J connectivity index is 2.74. The maximum Gasteiger partial charge on any atom is 0.306 e. The van der Waals surface area contributed by atoms with Crippen LogP contribution in [0.1, 0.15) is 11.3 Å². The largest absolute Gasteiger partial charge is 0.398 e. The lowest BCUT2D eigenvalue weighted by Gasteiger charge is -2.15. The Morgan fingerprint density at radius 1 is 1.33 bits per heavy atom. The fourth-order valence-corrected chi connectivity index (χ4v) is 1.41. The molecular weight excluding hydrogens is 200 g/mol. The van der Waals surface area contributed by atoms with E-state index in [1.54, 1.807) is 6.92 Å².